The van der Waals surface area contributed by atoms with Crippen LogP contribution in [0.3, 0.4) is 0 Å². The zero-order chi connectivity index (χ0) is 18.8. The first-order chi connectivity index (χ1) is 12.6. The number of carbonyl (C=O) groups excluding carboxylic acids is 1. The number of benzene rings is 2. The number of ether oxygens (including phenoxy) is 1. The summed E-state index contributed by atoms with van der Waals surface area (Å²) in [6.07, 6.45) is 2.21. The first-order valence-corrected chi connectivity index (χ1v) is 8.52. The minimum Gasteiger partial charge on any atom is -0.488 e. The number of rotatable bonds is 10. The number of carbonyl (C=O) groups is 2. The topological polar surface area (TPSA) is 75.6 Å². The molecule has 0 aliphatic heterocycles. The smallest absolute Gasteiger partial charge is 0.303 e. The van der Waals surface area contributed by atoms with Gasteiger partial charge in [-0.25, -0.2) is 4.39 Å². The molecule has 26 heavy (non-hydrogen) atoms. The normalized spacial score (nSPS) is 10.3. The lowest BCUT2D eigenvalue weighted by molar-refractivity contribution is -0.137. The Bertz CT molecular complexity index is 731. The molecule has 2 rings (SSSR count). The quantitative estimate of drug-likeness (QED) is 0.633. The molecule has 0 aliphatic rings. The molecular weight excluding hydrogens is 337 g/mol. The lowest BCUT2D eigenvalue weighted by atomic mass is 10.1. The highest BCUT2D eigenvalue weighted by atomic mass is 19.1. The molecule has 2 N–H and O–H groups in total. The molecule has 0 atom stereocenters. The number of nitrogens with one attached hydrogen (secondary N) is 1. The van der Waals surface area contributed by atoms with E-state index in [0.29, 0.717) is 24.3 Å². The Kier molecular flexibility index (Phi) is 7.61. The Morgan fingerprint density at radius 2 is 1.73 bits per heavy atom. The van der Waals surface area contributed by atoms with Crippen molar-refractivity contribution in [3.8, 4) is 5.75 Å². The van der Waals surface area contributed by atoms with Crippen molar-refractivity contribution in [3.05, 3.63) is 65.5 Å². The summed E-state index contributed by atoms with van der Waals surface area (Å²) in [5.41, 5.74) is 1.24. The third-order valence-electron chi connectivity index (χ3n) is 3.79. The number of unbranched alkanes of at least 4 members (excludes halogenated alkanes) is 2. The largest absolute Gasteiger partial charge is 0.488 e. The fraction of sp³-hybridized carbons (Fsp3) is 0.300. The van der Waals surface area contributed by atoms with Crippen LogP contribution in [0.2, 0.25) is 0 Å². The lowest BCUT2D eigenvalue weighted by Gasteiger charge is -2.12. The second kappa shape index (κ2) is 10.2. The number of hydrogen-bond donors (Lipinski definition) is 2. The molecule has 5 nitrogen and oxygen atoms in total. The first kappa shape index (κ1) is 19.4. The van der Waals surface area contributed by atoms with Gasteiger partial charge in [0, 0.05) is 13.0 Å². The molecule has 0 spiro atoms. The van der Waals surface area contributed by atoms with E-state index in [1.165, 1.54) is 12.1 Å². The van der Waals surface area contributed by atoms with Crippen molar-refractivity contribution in [3.63, 3.8) is 0 Å². The van der Waals surface area contributed by atoms with Gasteiger partial charge < -0.3 is 15.2 Å². The predicted octanol–water partition coefficient (Wildman–Crippen LogP) is 3.78. The number of carboxylic acid groups (broad SMARTS) is 1. The fourth-order valence-electron chi connectivity index (χ4n) is 2.40. The highest BCUT2D eigenvalue weighted by Gasteiger charge is 2.11. The molecule has 0 aliphatic carbocycles. The van der Waals surface area contributed by atoms with Crippen molar-refractivity contribution in [2.45, 2.75) is 32.3 Å². The molecule has 0 heterocycles. The molecule has 2 aromatic rings. The Morgan fingerprint density at radius 1 is 1.00 bits per heavy atom. The summed E-state index contributed by atoms with van der Waals surface area (Å²) >= 11 is 0. The molecule has 2 aromatic carbocycles. The number of aliphatic carboxylic acids is 1. The van der Waals surface area contributed by atoms with Crippen molar-refractivity contribution in [2.75, 3.05) is 6.54 Å². The van der Waals surface area contributed by atoms with E-state index in [1.807, 2.05) is 0 Å². The molecule has 0 aromatic heterocycles. The number of amides is 1. The molecule has 0 fully saturated rings. The van der Waals surface area contributed by atoms with Gasteiger partial charge in [0.15, 0.2) is 0 Å². The summed E-state index contributed by atoms with van der Waals surface area (Å²) in [6, 6.07) is 12.9. The summed E-state index contributed by atoms with van der Waals surface area (Å²) in [7, 11) is 0. The van der Waals surface area contributed by atoms with Crippen LogP contribution in [0.4, 0.5) is 4.39 Å². The van der Waals surface area contributed by atoms with E-state index in [4.69, 9.17) is 9.84 Å². The Balaban J connectivity index is 1.83. The van der Waals surface area contributed by atoms with Crippen LogP contribution < -0.4 is 10.1 Å². The Hall–Kier alpha value is -2.89. The van der Waals surface area contributed by atoms with E-state index < -0.39 is 5.97 Å². The summed E-state index contributed by atoms with van der Waals surface area (Å²) < 4.78 is 18.6. The van der Waals surface area contributed by atoms with E-state index in [0.717, 1.165) is 18.4 Å². The van der Waals surface area contributed by atoms with Gasteiger partial charge in [0.2, 0.25) is 0 Å². The van der Waals surface area contributed by atoms with E-state index in [1.54, 1.807) is 36.4 Å². The second-order valence-corrected chi connectivity index (χ2v) is 5.87. The first-order valence-electron chi connectivity index (χ1n) is 8.52. The average Bonchev–Trinajstić information content (AvgIpc) is 2.64. The van der Waals surface area contributed by atoms with E-state index >= 15 is 0 Å². The van der Waals surface area contributed by atoms with Crippen LogP contribution in [-0.4, -0.2) is 23.5 Å². The highest BCUT2D eigenvalue weighted by Crippen LogP contribution is 2.19. The van der Waals surface area contributed by atoms with Gasteiger partial charge in [0.05, 0.1) is 5.56 Å². The zero-order valence-corrected chi connectivity index (χ0v) is 14.4. The zero-order valence-electron chi connectivity index (χ0n) is 14.4. The van der Waals surface area contributed by atoms with Gasteiger partial charge in [0.1, 0.15) is 18.2 Å². The standard InChI is InChI=1S/C20H22FNO4/c21-16-11-9-15(10-12-16)14-26-18-7-4-3-6-17(18)20(25)22-13-5-1-2-8-19(23)24/h3-4,6-7,9-12H,1-2,5,8,13-14H2,(H,22,25)(H,23,24). The summed E-state index contributed by atoms with van der Waals surface area (Å²) in [6.45, 7) is 0.713. The summed E-state index contributed by atoms with van der Waals surface area (Å²) in [5.74, 6) is -0.892. The fourth-order valence-corrected chi connectivity index (χ4v) is 2.40. The minimum absolute atomic E-state index is 0.147. The molecule has 6 heteroatoms. The maximum atomic E-state index is 12.9. The van der Waals surface area contributed by atoms with Crippen molar-refractivity contribution in [1.29, 1.82) is 0 Å². The molecule has 0 saturated carbocycles. The lowest BCUT2D eigenvalue weighted by Crippen LogP contribution is -2.25. The van der Waals surface area contributed by atoms with Crippen LogP contribution in [0.25, 0.3) is 0 Å². The monoisotopic (exact) mass is 359 g/mol. The molecule has 0 saturated heterocycles. The van der Waals surface area contributed by atoms with Gasteiger partial charge in [-0.3, -0.25) is 9.59 Å². The third kappa shape index (κ3) is 6.55. The molecule has 0 unspecified atom stereocenters. The maximum Gasteiger partial charge on any atom is 0.303 e. The van der Waals surface area contributed by atoms with Gasteiger partial charge >= 0.3 is 5.97 Å². The van der Waals surface area contributed by atoms with Gasteiger partial charge in [-0.15, -0.1) is 0 Å². The van der Waals surface area contributed by atoms with Crippen molar-refractivity contribution < 1.29 is 23.8 Å². The number of hydrogen-bond acceptors (Lipinski definition) is 3. The van der Waals surface area contributed by atoms with Crippen LogP contribution in [-0.2, 0) is 11.4 Å². The van der Waals surface area contributed by atoms with Crippen molar-refractivity contribution in [1.82, 2.24) is 5.32 Å². The van der Waals surface area contributed by atoms with E-state index in [-0.39, 0.29) is 24.8 Å². The molecule has 0 bridgehead atoms. The van der Waals surface area contributed by atoms with Gasteiger partial charge in [-0.05, 0) is 42.7 Å². The van der Waals surface area contributed by atoms with Crippen molar-refractivity contribution >= 4 is 11.9 Å². The molecule has 1 amide bonds. The summed E-state index contributed by atoms with van der Waals surface area (Å²) in [5, 5.41) is 11.4. The second-order valence-electron chi connectivity index (χ2n) is 5.87. The van der Waals surface area contributed by atoms with Gasteiger partial charge in [-0.1, -0.05) is 30.7 Å². The number of para-hydroxylation sites is 1. The Morgan fingerprint density at radius 3 is 2.46 bits per heavy atom. The van der Waals surface area contributed by atoms with Crippen LogP contribution >= 0.6 is 0 Å². The summed E-state index contributed by atoms with van der Waals surface area (Å²) in [4.78, 5) is 22.8. The van der Waals surface area contributed by atoms with Crippen LogP contribution in [0, 0.1) is 5.82 Å². The van der Waals surface area contributed by atoms with E-state index in [2.05, 4.69) is 5.32 Å². The molecule has 0 radical (unpaired) electrons. The maximum absolute atomic E-state index is 12.9. The van der Waals surface area contributed by atoms with Gasteiger partial charge in [-0.2, -0.15) is 0 Å². The number of halogens is 1. The number of carboxylic acids is 1. The van der Waals surface area contributed by atoms with Crippen molar-refractivity contribution in [2.24, 2.45) is 0 Å². The van der Waals surface area contributed by atoms with Gasteiger partial charge in [0.25, 0.3) is 5.91 Å². The predicted molar refractivity (Wildman–Crippen MR) is 95.6 cm³/mol. The molecule has 138 valence electrons. The SMILES string of the molecule is O=C(O)CCCCCNC(=O)c1ccccc1OCc1ccc(F)cc1. The molecular formula is C20H22FNO4. The minimum atomic E-state index is -0.804. The average molecular weight is 359 g/mol. The Labute approximate surface area is 151 Å². The third-order valence-corrected chi connectivity index (χ3v) is 3.79. The van der Waals surface area contributed by atoms with E-state index in [9.17, 15) is 14.0 Å². The highest BCUT2D eigenvalue weighted by molar-refractivity contribution is 5.96. The van der Waals surface area contributed by atoms with Crippen LogP contribution in [0.15, 0.2) is 48.5 Å². The van der Waals surface area contributed by atoms with Crippen LogP contribution in [0.5, 0.6) is 5.75 Å². The van der Waals surface area contributed by atoms with Crippen LogP contribution in [0.1, 0.15) is 41.6 Å².